The summed E-state index contributed by atoms with van der Waals surface area (Å²) >= 11 is 3.44. The molecule has 3 nitrogen and oxygen atoms in total. The van der Waals surface area contributed by atoms with Crippen LogP contribution in [0.2, 0.25) is 0 Å². The lowest BCUT2D eigenvalue weighted by molar-refractivity contribution is 0.395. The van der Waals surface area contributed by atoms with Gasteiger partial charge in [-0.25, -0.2) is 4.98 Å². The van der Waals surface area contributed by atoms with Gasteiger partial charge in [0.25, 0.3) is 0 Å². The van der Waals surface area contributed by atoms with Gasteiger partial charge in [-0.05, 0) is 41.2 Å². The molecule has 0 saturated heterocycles. The molecular weight excluding hydrogens is 218 g/mol. The van der Waals surface area contributed by atoms with Crippen molar-refractivity contribution in [3.63, 3.8) is 0 Å². The molecule has 0 saturated carbocycles. The zero-order valence-electron chi connectivity index (χ0n) is 6.83. The summed E-state index contributed by atoms with van der Waals surface area (Å²) in [6.07, 6.45) is 4.15. The van der Waals surface area contributed by atoms with Gasteiger partial charge in [0.1, 0.15) is 4.60 Å². The number of hydrogen-bond acceptors (Lipinski definition) is 2. The predicted molar refractivity (Wildman–Crippen MR) is 50.8 cm³/mol. The van der Waals surface area contributed by atoms with Gasteiger partial charge in [0, 0.05) is 6.54 Å². The maximum absolute atomic E-state index is 5.63. The van der Waals surface area contributed by atoms with Crippen molar-refractivity contribution in [2.24, 2.45) is 11.7 Å². The maximum atomic E-state index is 5.63. The SMILES string of the molecule is NCC1CCn2cnc(Br)c2C1. The molecule has 0 aromatic carbocycles. The normalized spacial score (nSPS) is 22.3. The Morgan fingerprint density at radius 1 is 1.75 bits per heavy atom. The molecule has 0 aliphatic carbocycles. The Morgan fingerprint density at radius 3 is 3.33 bits per heavy atom. The van der Waals surface area contributed by atoms with E-state index in [9.17, 15) is 0 Å². The number of nitrogens with zero attached hydrogens (tertiary/aromatic N) is 2. The van der Waals surface area contributed by atoms with Crippen molar-refractivity contribution >= 4 is 15.9 Å². The second-order valence-corrected chi connectivity index (χ2v) is 4.02. The molecule has 1 aliphatic rings. The van der Waals surface area contributed by atoms with Gasteiger partial charge in [-0.3, -0.25) is 0 Å². The minimum atomic E-state index is 0.644. The molecule has 2 rings (SSSR count). The van der Waals surface area contributed by atoms with Crippen molar-refractivity contribution in [3.8, 4) is 0 Å². The average Bonchev–Trinajstić information content (AvgIpc) is 2.47. The van der Waals surface area contributed by atoms with Crippen LogP contribution in [-0.2, 0) is 13.0 Å². The number of nitrogens with two attached hydrogens (primary N) is 1. The molecule has 0 bridgehead atoms. The summed E-state index contributed by atoms with van der Waals surface area (Å²) in [7, 11) is 0. The number of aryl methyl sites for hydroxylation is 1. The Morgan fingerprint density at radius 2 is 2.58 bits per heavy atom. The second kappa shape index (κ2) is 3.18. The van der Waals surface area contributed by atoms with E-state index in [1.807, 2.05) is 6.33 Å². The van der Waals surface area contributed by atoms with Crippen molar-refractivity contribution in [3.05, 3.63) is 16.6 Å². The van der Waals surface area contributed by atoms with Gasteiger partial charge in [0.15, 0.2) is 0 Å². The highest BCUT2D eigenvalue weighted by atomic mass is 79.9. The fraction of sp³-hybridized carbons (Fsp3) is 0.625. The number of hydrogen-bond donors (Lipinski definition) is 1. The van der Waals surface area contributed by atoms with Crippen molar-refractivity contribution in [2.45, 2.75) is 19.4 Å². The number of halogens is 1. The van der Waals surface area contributed by atoms with E-state index >= 15 is 0 Å². The molecule has 2 N–H and O–H groups in total. The van der Waals surface area contributed by atoms with Crippen LogP contribution < -0.4 is 5.73 Å². The first kappa shape index (κ1) is 8.26. The second-order valence-electron chi connectivity index (χ2n) is 3.27. The van der Waals surface area contributed by atoms with Gasteiger partial charge in [0.05, 0.1) is 12.0 Å². The summed E-state index contributed by atoms with van der Waals surface area (Å²) in [5.74, 6) is 0.644. The van der Waals surface area contributed by atoms with E-state index < -0.39 is 0 Å². The van der Waals surface area contributed by atoms with Crippen LogP contribution in [0.1, 0.15) is 12.1 Å². The molecule has 0 radical (unpaired) electrons. The molecule has 1 aromatic heterocycles. The molecule has 0 amide bonds. The molecule has 1 aliphatic heterocycles. The molecule has 1 unspecified atom stereocenters. The van der Waals surface area contributed by atoms with E-state index in [2.05, 4.69) is 25.5 Å². The van der Waals surface area contributed by atoms with Gasteiger partial charge in [-0.2, -0.15) is 0 Å². The Balaban J connectivity index is 2.26. The van der Waals surface area contributed by atoms with E-state index in [-0.39, 0.29) is 0 Å². The standard InChI is InChI=1S/C8H12BrN3/c9-8-7-3-6(4-10)1-2-12(7)5-11-8/h5-6H,1-4,10H2. The number of fused-ring (bicyclic) bond motifs is 1. The molecule has 2 heterocycles. The van der Waals surface area contributed by atoms with Crippen molar-refractivity contribution in [2.75, 3.05) is 6.54 Å². The highest BCUT2D eigenvalue weighted by molar-refractivity contribution is 9.10. The van der Waals surface area contributed by atoms with Gasteiger partial charge in [0.2, 0.25) is 0 Å². The van der Waals surface area contributed by atoms with E-state index in [4.69, 9.17) is 5.73 Å². The lowest BCUT2D eigenvalue weighted by atomic mass is 9.97. The maximum Gasteiger partial charge on any atom is 0.127 e. The van der Waals surface area contributed by atoms with Gasteiger partial charge >= 0.3 is 0 Å². The summed E-state index contributed by atoms with van der Waals surface area (Å²) in [6, 6.07) is 0. The van der Waals surface area contributed by atoms with Crippen LogP contribution in [0.4, 0.5) is 0 Å². The number of imidazole rings is 1. The largest absolute Gasteiger partial charge is 0.333 e. The molecule has 0 spiro atoms. The first-order valence-corrected chi connectivity index (χ1v) is 5.00. The molecule has 66 valence electrons. The molecular formula is C8H12BrN3. The lowest BCUT2D eigenvalue weighted by Crippen LogP contribution is -2.24. The van der Waals surface area contributed by atoms with Crippen LogP contribution in [0, 0.1) is 5.92 Å². The number of rotatable bonds is 1. The predicted octanol–water partition coefficient (Wildman–Crippen LogP) is 1.17. The van der Waals surface area contributed by atoms with E-state index in [0.29, 0.717) is 5.92 Å². The fourth-order valence-electron chi connectivity index (χ4n) is 1.68. The molecule has 4 heteroatoms. The minimum absolute atomic E-state index is 0.644. The Bertz CT molecular complexity index is 282. The van der Waals surface area contributed by atoms with Gasteiger partial charge in [-0.15, -0.1) is 0 Å². The highest BCUT2D eigenvalue weighted by Gasteiger charge is 2.19. The van der Waals surface area contributed by atoms with Crippen molar-refractivity contribution in [1.29, 1.82) is 0 Å². The quantitative estimate of drug-likeness (QED) is 0.786. The lowest BCUT2D eigenvalue weighted by Gasteiger charge is -2.22. The highest BCUT2D eigenvalue weighted by Crippen LogP contribution is 2.24. The number of aromatic nitrogens is 2. The summed E-state index contributed by atoms with van der Waals surface area (Å²) in [5.41, 5.74) is 6.94. The van der Waals surface area contributed by atoms with Crippen LogP contribution in [0.3, 0.4) is 0 Å². The van der Waals surface area contributed by atoms with Crippen LogP contribution in [0.5, 0.6) is 0 Å². The topological polar surface area (TPSA) is 43.8 Å². The molecule has 0 fully saturated rings. The zero-order valence-corrected chi connectivity index (χ0v) is 8.42. The van der Waals surface area contributed by atoms with Crippen LogP contribution >= 0.6 is 15.9 Å². The summed E-state index contributed by atoms with van der Waals surface area (Å²) < 4.78 is 3.19. The Kier molecular flexibility index (Phi) is 2.19. The van der Waals surface area contributed by atoms with Crippen LogP contribution in [-0.4, -0.2) is 16.1 Å². The van der Waals surface area contributed by atoms with Crippen LogP contribution in [0.15, 0.2) is 10.9 Å². The molecule has 1 aromatic rings. The zero-order chi connectivity index (χ0) is 8.55. The van der Waals surface area contributed by atoms with Gasteiger partial charge in [-0.1, -0.05) is 0 Å². The first-order chi connectivity index (χ1) is 5.81. The van der Waals surface area contributed by atoms with Gasteiger partial charge < -0.3 is 10.3 Å². The van der Waals surface area contributed by atoms with Crippen molar-refractivity contribution < 1.29 is 0 Å². The summed E-state index contributed by atoms with van der Waals surface area (Å²) in [5, 5.41) is 0. The van der Waals surface area contributed by atoms with Crippen LogP contribution in [0.25, 0.3) is 0 Å². The Hall–Kier alpha value is -0.350. The monoisotopic (exact) mass is 229 g/mol. The molecule has 12 heavy (non-hydrogen) atoms. The third-order valence-corrected chi connectivity index (χ3v) is 3.15. The van der Waals surface area contributed by atoms with Crippen molar-refractivity contribution in [1.82, 2.24) is 9.55 Å². The smallest absolute Gasteiger partial charge is 0.127 e. The van der Waals surface area contributed by atoms with E-state index in [0.717, 1.165) is 24.1 Å². The average molecular weight is 230 g/mol. The van der Waals surface area contributed by atoms with E-state index in [1.165, 1.54) is 12.1 Å². The first-order valence-electron chi connectivity index (χ1n) is 4.21. The fourth-order valence-corrected chi connectivity index (χ4v) is 2.16. The summed E-state index contributed by atoms with van der Waals surface area (Å²) in [4.78, 5) is 4.21. The third-order valence-electron chi connectivity index (χ3n) is 2.49. The molecule has 1 atom stereocenters. The third kappa shape index (κ3) is 1.29. The Labute approximate surface area is 80.1 Å². The summed E-state index contributed by atoms with van der Waals surface area (Å²) in [6.45, 7) is 1.85. The van der Waals surface area contributed by atoms with E-state index in [1.54, 1.807) is 0 Å². The minimum Gasteiger partial charge on any atom is -0.333 e.